The van der Waals surface area contributed by atoms with Crippen LogP contribution in [0.15, 0.2) is 11.4 Å². The minimum atomic E-state index is -0.159. The van der Waals surface area contributed by atoms with Gasteiger partial charge in [-0.05, 0) is 23.4 Å². The molecule has 14 heavy (non-hydrogen) atoms. The summed E-state index contributed by atoms with van der Waals surface area (Å²) in [6.07, 6.45) is 1.24. The van der Waals surface area contributed by atoms with Crippen LogP contribution in [0, 0.1) is 0 Å². The molecular weight excluding hydrogens is 198 g/mol. The lowest BCUT2D eigenvalue weighted by atomic mass is 10.0. The summed E-state index contributed by atoms with van der Waals surface area (Å²) in [6, 6.07) is 1.79. The summed E-state index contributed by atoms with van der Waals surface area (Å²) in [6.45, 7) is 0.633. The number of hydrogen-bond donors (Lipinski definition) is 0. The minimum Gasteiger partial charge on any atom is -0.328 e. The molecular formula is C10H9NO2S. The Morgan fingerprint density at radius 3 is 3.14 bits per heavy atom. The third-order valence-corrected chi connectivity index (χ3v) is 3.91. The van der Waals surface area contributed by atoms with Crippen molar-refractivity contribution < 1.29 is 9.59 Å². The molecule has 0 unspecified atom stereocenters. The second kappa shape index (κ2) is 2.67. The van der Waals surface area contributed by atoms with Gasteiger partial charge in [-0.2, -0.15) is 0 Å². The van der Waals surface area contributed by atoms with Crippen molar-refractivity contribution in [1.82, 2.24) is 4.90 Å². The lowest BCUT2D eigenvalue weighted by molar-refractivity contribution is -0.129. The Bertz CT molecular complexity index is 424. The highest BCUT2D eigenvalue weighted by molar-refractivity contribution is 7.12. The van der Waals surface area contributed by atoms with Gasteiger partial charge in [0.15, 0.2) is 5.78 Å². The van der Waals surface area contributed by atoms with Crippen LogP contribution < -0.4 is 0 Å². The summed E-state index contributed by atoms with van der Waals surface area (Å²) < 4.78 is 0. The normalized spacial score (nSPS) is 25.1. The van der Waals surface area contributed by atoms with Crippen LogP contribution in [-0.2, 0) is 11.3 Å². The van der Waals surface area contributed by atoms with E-state index in [1.165, 1.54) is 11.3 Å². The molecule has 1 saturated heterocycles. The van der Waals surface area contributed by atoms with Crippen molar-refractivity contribution in [2.45, 2.75) is 25.4 Å². The highest BCUT2D eigenvalue weighted by atomic mass is 32.1. The molecule has 1 amide bonds. The van der Waals surface area contributed by atoms with Gasteiger partial charge in [-0.3, -0.25) is 9.59 Å². The fourth-order valence-electron chi connectivity index (χ4n) is 2.22. The lowest BCUT2D eigenvalue weighted by Crippen LogP contribution is -2.41. The SMILES string of the molecule is O=C1c2sccc2CN2C(=O)CC[C@@H]12. The number of fused-ring (bicyclic) bond motifs is 2. The molecule has 0 N–H and O–H groups in total. The molecule has 2 aliphatic heterocycles. The highest BCUT2D eigenvalue weighted by Gasteiger charge is 2.41. The van der Waals surface area contributed by atoms with Gasteiger partial charge in [0.05, 0.1) is 10.9 Å². The molecule has 1 aromatic rings. The summed E-state index contributed by atoms with van der Waals surface area (Å²) in [5.74, 6) is 0.271. The van der Waals surface area contributed by atoms with Crippen LogP contribution in [0.25, 0.3) is 0 Å². The summed E-state index contributed by atoms with van der Waals surface area (Å²) >= 11 is 1.50. The fraction of sp³-hybridized carbons (Fsp3) is 0.400. The molecule has 1 fully saturated rings. The van der Waals surface area contributed by atoms with Gasteiger partial charge in [0, 0.05) is 13.0 Å². The lowest BCUT2D eigenvalue weighted by Gasteiger charge is -2.28. The van der Waals surface area contributed by atoms with Gasteiger partial charge < -0.3 is 4.90 Å². The van der Waals surface area contributed by atoms with E-state index in [1.54, 1.807) is 4.90 Å². The summed E-state index contributed by atoms with van der Waals surface area (Å²) in [4.78, 5) is 26.0. The number of carbonyl (C=O) groups is 2. The molecule has 0 aliphatic carbocycles. The first kappa shape index (κ1) is 8.17. The van der Waals surface area contributed by atoms with E-state index in [4.69, 9.17) is 0 Å². The van der Waals surface area contributed by atoms with E-state index in [-0.39, 0.29) is 17.7 Å². The smallest absolute Gasteiger partial charge is 0.223 e. The van der Waals surface area contributed by atoms with Crippen LogP contribution in [-0.4, -0.2) is 22.6 Å². The summed E-state index contributed by atoms with van der Waals surface area (Å²) in [7, 11) is 0. The maximum atomic E-state index is 11.9. The average Bonchev–Trinajstić information content (AvgIpc) is 2.75. The molecule has 4 heteroatoms. The topological polar surface area (TPSA) is 37.4 Å². The van der Waals surface area contributed by atoms with E-state index in [1.807, 2.05) is 11.4 Å². The van der Waals surface area contributed by atoms with E-state index in [0.717, 1.165) is 10.4 Å². The summed E-state index contributed by atoms with van der Waals surface area (Å²) in [5, 5.41) is 1.93. The Hall–Kier alpha value is -1.16. The van der Waals surface area contributed by atoms with Gasteiger partial charge in [0.25, 0.3) is 0 Å². The minimum absolute atomic E-state index is 0.125. The van der Waals surface area contributed by atoms with Crippen LogP contribution in [0.5, 0.6) is 0 Å². The molecule has 0 aromatic carbocycles. The van der Waals surface area contributed by atoms with Crippen molar-refractivity contribution in [2.75, 3.05) is 0 Å². The largest absolute Gasteiger partial charge is 0.328 e. The van der Waals surface area contributed by atoms with Gasteiger partial charge >= 0.3 is 0 Å². The number of Topliss-reactive ketones (excluding diaryl/α,β-unsaturated/α-hetero) is 1. The molecule has 3 heterocycles. The molecule has 3 rings (SSSR count). The molecule has 0 saturated carbocycles. The van der Waals surface area contributed by atoms with Gasteiger partial charge in [0.1, 0.15) is 0 Å². The Morgan fingerprint density at radius 2 is 2.29 bits per heavy atom. The molecule has 1 atom stereocenters. The quantitative estimate of drug-likeness (QED) is 0.645. The predicted molar refractivity (Wildman–Crippen MR) is 52.2 cm³/mol. The first-order valence-corrected chi connectivity index (χ1v) is 5.55. The number of carbonyl (C=O) groups excluding carboxylic acids is 2. The molecule has 3 nitrogen and oxygen atoms in total. The monoisotopic (exact) mass is 207 g/mol. The number of thiophene rings is 1. The number of hydrogen-bond acceptors (Lipinski definition) is 3. The first-order valence-electron chi connectivity index (χ1n) is 4.67. The van der Waals surface area contributed by atoms with E-state index in [2.05, 4.69) is 0 Å². The van der Waals surface area contributed by atoms with E-state index in [0.29, 0.717) is 19.4 Å². The van der Waals surface area contributed by atoms with Crippen LogP contribution in [0.3, 0.4) is 0 Å². The van der Waals surface area contributed by atoms with Gasteiger partial charge in [-0.25, -0.2) is 0 Å². The second-order valence-corrected chi connectivity index (χ2v) is 4.63. The van der Waals surface area contributed by atoms with E-state index in [9.17, 15) is 9.59 Å². The molecule has 0 spiro atoms. The fourth-order valence-corrected chi connectivity index (χ4v) is 3.12. The van der Waals surface area contributed by atoms with Gasteiger partial charge in [0.2, 0.25) is 5.91 Å². The Morgan fingerprint density at radius 1 is 1.43 bits per heavy atom. The van der Waals surface area contributed by atoms with Crippen molar-refractivity contribution >= 4 is 23.0 Å². The van der Waals surface area contributed by atoms with Gasteiger partial charge in [-0.15, -0.1) is 11.3 Å². The Labute approximate surface area is 85.3 Å². The third-order valence-electron chi connectivity index (χ3n) is 2.94. The first-order chi connectivity index (χ1) is 6.77. The zero-order valence-corrected chi connectivity index (χ0v) is 8.34. The van der Waals surface area contributed by atoms with Crippen LogP contribution in [0.1, 0.15) is 28.1 Å². The molecule has 0 radical (unpaired) electrons. The molecule has 2 aliphatic rings. The van der Waals surface area contributed by atoms with Crippen molar-refractivity contribution in [3.05, 3.63) is 21.9 Å². The Kier molecular flexibility index (Phi) is 1.56. The van der Waals surface area contributed by atoms with Crippen molar-refractivity contribution in [2.24, 2.45) is 0 Å². The maximum Gasteiger partial charge on any atom is 0.223 e. The van der Waals surface area contributed by atoms with E-state index < -0.39 is 0 Å². The molecule has 1 aromatic heterocycles. The van der Waals surface area contributed by atoms with Crippen LogP contribution in [0.4, 0.5) is 0 Å². The number of ketones is 1. The van der Waals surface area contributed by atoms with Crippen molar-refractivity contribution in [3.8, 4) is 0 Å². The van der Waals surface area contributed by atoms with Gasteiger partial charge in [-0.1, -0.05) is 0 Å². The van der Waals surface area contributed by atoms with E-state index >= 15 is 0 Å². The third kappa shape index (κ3) is 0.917. The Balaban J connectivity index is 2.09. The van der Waals surface area contributed by atoms with Crippen LogP contribution in [0.2, 0.25) is 0 Å². The second-order valence-electron chi connectivity index (χ2n) is 3.72. The number of rotatable bonds is 0. The van der Waals surface area contributed by atoms with Crippen molar-refractivity contribution in [3.63, 3.8) is 0 Å². The van der Waals surface area contributed by atoms with Crippen molar-refractivity contribution in [1.29, 1.82) is 0 Å². The predicted octanol–water partition coefficient (Wildman–Crippen LogP) is 1.44. The number of nitrogens with zero attached hydrogens (tertiary/aromatic N) is 1. The zero-order valence-electron chi connectivity index (χ0n) is 7.53. The number of amides is 1. The molecule has 72 valence electrons. The average molecular weight is 207 g/mol. The summed E-state index contributed by atoms with van der Waals surface area (Å²) in [5.41, 5.74) is 1.02. The highest BCUT2D eigenvalue weighted by Crippen LogP contribution is 2.33. The zero-order chi connectivity index (χ0) is 9.71. The maximum absolute atomic E-state index is 11.9. The molecule has 0 bridgehead atoms. The standard InChI is InChI=1S/C10H9NO2S/c12-8-2-1-7-9(13)10-6(3-4-14-10)5-11(7)8/h3-4,7H,1-2,5H2/t7-/m0/s1. The van der Waals surface area contributed by atoms with Crippen LogP contribution >= 0.6 is 11.3 Å².